The Morgan fingerprint density at radius 3 is 1.77 bits per heavy atom. The summed E-state index contributed by atoms with van der Waals surface area (Å²) in [5, 5.41) is 0. The molecular weight excluding hydrogens is 483 g/mol. The van der Waals surface area contributed by atoms with Gasteiger partial charge in [0, 0.05) is 0 Å². The Hall–Kier alpha value is -0.781. The first-order chi connectivity index (χ1) is 14.3. The molecule has 1 aliphatic carbocycles. The minimum atomic E-state index is -2.83. The predicted molar refractivity (Wildman–Crippen MR) is 127 cm³/mol. The molecule has 0 spiro atoms. The van der Waals surface area contributed by atoms with Crippen molar-refractivity contribution in [1.29, 1.82) is 0 Å². The molecule has 0 amide bonds. The maximum absolute atomic E-state index is 13.0. The Morgan fingerprint density at radius 1 is 1.00 bits per heavy atom. The van der Waals surface area contributed by atoms with Gasteiger partial charge in [-0.3, -0.25) is 0 Å². The molecule has 1 atom stereocenters. The van der Waals surface area contributed by atoms with E-state index in [4.69, 9.17) is 9.47 Å². The summed E-state index contributed by atoms with van der Waals surface area (Å²) in [4.78, 5) is 26.0. The third-order valence-electron chi connectivity index (χ3n) is 7.18. The number of unbranched alkanes of at least 4 members (excludes halogenated alkanes) is 3. The average molecular weight is 527 g/mol. The summed E-state index contributed by atoms with van der Waals surface area (Å²) in [6.45, 7) is 13.1. The molecule has 1 rings (SSSR count). The van der Waals surface area contributed by atoms with Gasteiger partial charge in [0.2, 0.25) is 0 Å². The van der Waals surface area contributed by atoms with Crippen LogP contribution in [0, 0.1) is 11.3 Å². The normalized spacial score (nSPS) is 18.8. The molecule has 0 N–H and O–H groups in total. The average Bonchev–Trinajstić information content (AvgIpc) is 2.78. The van der Waals surface area contributed by atoms with E-state index in [1.807, 2.05) is 6.08 Å². The first-order valence-electron chi connectivity index (χ1n) is 11.8. The van der Waals surface area contributed by atoms with Gasteiger partial charge in [-0.1, -0.05) is 0 Å². The van der Waals surface area contributed by atoms with Gasteiger partial charge in [-0.25, -0.2) is 0 Å². The second kappa shape index (κ2) is 12.9. The summed E-state index contributed by atoms with van der Waals surface area (Å²) < 4.78 is 15.8. The standard InChI is InChI=1S/C13H17O4.3C4H9.Sn/c1-5-10-8-13(11(14)16-3,12(15)17-4)7-6-9(10)2;3*1-3-4-2;/h5,10H,1,7-8H2,2-4H3;3*1,3-4H2,2H3;. The van der Waals surface area contributed by atoms with Crippen LogP contribution >= 0.6 is 0 Å². The zero-order valence-electron chi connectivity index (χ0n) is 20.3. The van der Waals surface area contributed by atoms with Crippen molar-refractivity contribution in [3.05, 3.63) is 21.8 Å². The molecule has 0 aromatic heterocycles. The van der Waals surface area contributed by atoms with Gasteiger partial charge in [-0.15, -0.1) is 0 Å². The Kier molecular flexibility index (Phi) is 11.7. The molecule has 30 heavy (non-hydrogen) atoms. The first-order valence-corrected chi connectivity index (χ1v) is 19.3. The van der Waals surface area contributed by atoms with E-state index in [2.05, 4.69) is 34.3 Å². The van der Waals surface area contributed by atoms with Crippen LogP contribution in [0.25, 0.3) is 0 Å². The third-order valence-corrected chi connectivity index (χ3v) is 23.7. The van der Waals surface area contributed by atoms with Crippen LogP contribution in [0.3, 0.4) is 0 Å². The van der Waals surface area contributed by atoms with Crippen molar-refractivity contribution in [1.82, 2.24) is 0 Å². The van der Waals surface area contributed by atoms with E-state index in [0.717, 1.165) is 0 Å². The van der Waals surface area contributed by atoms with E-state index in [1.165, 1.54) is 75.2 Å². The van der Waals surface area contributed by atoms with Gasteiger partial charge < -0.3 is 0 Å². The summed E-state index contributed by atoms with van der Waals surface area (Å²) in [5.74, 6) is -0.881. The number of methoxy groups -OCH3 is 2. The molecule has 172 valence electrons. The van der Waals surface area contributed by atoms with Crippen molar-refractivity contribution in [3.63, 3.8) is 0 Å². The molecule has 0 saturated heterocycles. The fourth-order valence-electron chi connectivity index (χ4n) is 5.29. The van der Waals surface area contributed by atoms with E-state index in [1.54, 1.807) is 0 Å². The Labute approximate surface area is 188 Å². The number of rotatable bonds is 13. The van der Waals surface area contributed by atoms with Crippen LogP contribution in [0.4, 0.5) is 0 Å². The molecule has 1 aliphatic rings. The monoisotopic (exact) mass is 528 g/mol. The van der Waals surface area contributed by atoms with Crippen molar-refractivity contribution >= 4 is 30.3 Å². The molecule has 0 aromatic carbocycles. The Balaban J connectivity index is 3.67. The van der Waals surface area contributed by atoms with Crippen molar-refractivity contribution < 1.29 is 19.1 Å². The fraction of sp³-hybridized carbons (Fsp3) is 0.760. The van der Waals surface area contributed by atoms with E-state index >= 15 is 0 Å². The quantitative estimate of drug-likeness (QED) is 0.117. The van der Waals surface area contributed by atoms with Crippen molar-refractivity contribution in [2.45, 2.75) is 92.4 Å². The SMILES string of the molecule is C=CC1CC(C(=O)OC)(C(=O)OC)C[C]([Sn]([CH2]CCC)([CH2]CCC)[CH2]CCC)=C1C. The van der Waals surface area contributed by atoms with E-state index in [0.29, 0.717) is 12.8 Å². The molecule has 0 saturated carbocycles. The van der Waals surface area contributed by atoms with Crippen LogP contribution in [-0.2, 0) is 19.1 Å². The number of esters is 2. The van der Waals surface area contributed by atoms with Gasteiger partial charge in [0.05, 0.1) is 0 Å². The zero-order valence-corrected chi connectivity index (χ0v) is 23.1. The van der Waals surface area contributed by atoms with E-state index in [-0.39, 0.29) is 5.92 Å². The summed E-state index contributed by atoms with van der Waals surface area (Å²) in [6, 6.07) is 0. The molecule has 5 heteroatoms. The number of allylic oxidation sites excluding steroid dienone is 3. The molecule has 0 aliphatic heterocycles. The summed E-state index contributed by atoms with van der Waals surface area (Å²) >= 11 is -2.83. The summed E-state index contributed by atoms with van der Waals surface area (Å²) in [7, 11) is 2.76. The van der Waals surface area contributed by atoms with Crippen LogP contribution in [0.2, 0.25) is 13.3 Å². The number of hydrogen-bond acceptors (Lipinski definition) is 4. The topological polar surface area (TPSA) is 52.6 Å². The number of carbonyl (C=O) groups is 2. The Bertz CT molecular complexity index is 585. The number of hydrogen-bond donors (Lipinski definition) is 0. The van der Waals surface area contributed by atoms with Crippen LogP contribution < -0.4 is 0 Å². The molecular formula is C25H44O4Sn. The minimum absolute atomic E-state index is 0.0212. The third kappa shape index (κ3) is 5.92. The Morgan fingerprint density at radius 2 is 1.43 bits per heavy atom. The number of carbonyl (C=O) groups excluding carboxylic acids is 2. The van der Waals surface area contributed by atoms with Crippen molar-refractivity contribution in [2.75, 3.05) is 14.2 Å². The molecule has 0 radical (unpaired) electrons. The van der Waals surface area contributed by atoms with Gasteiger partial charge >= 0.3 is 189 Å². The van der Waals surface area contributed by atoms with E-state index in [9.17, 15) is 9.59 Å². The zero-order chi connectivity index (χ0) is 22.8. The van der Waals surface area contributed by atoms with E-state index < -0.39 is 35.7 Å². The molecule has 0 heterocycles. The van der Waals surface area contributed by atoms with Gasteiger partial charge in [0.25, 0.3) is 0 Å². The van der Waals surface area contributed by atoms with Crippen LogP contribution in [-0.4, -0.2) is 44.5 Å². The first kappa shape index (κ1) is 27.3. The molecule has 4 nitrogen and oxygen atoms in total. The molecule has 0 bridgehead atoms. The van der Waals surface area contributed by atoms with Gasteiger partial charge in [0.15, 0.2) is 0 Å². The summed E-state index contributed by atoms with van der Waals surface area (Å²) in [5.41, 5.74) is 0.150. The van der Waals surface area contributed by atoms with Gasteiger partial charge in [-0.05, 0) is 0 Å². The van der Waals surface area contributed by atoms with Crippen molar-refractivity contribution in [3.8, 4) is 0 Å². The second-order valence-corrected chi connectivity index (χ2v) is 22.4. The predicted octanol–water partition coefficient (Wildman–Crippen LogP) is 6.62. The summed E-state index contributed by atoms with van der Waals surface area (Å²) in [6.07, 6.45) is 10.1. The fourth-order valence-corrected chi connectivity index (χ4v) is 23.7. The van der Waals surface area contributed by atoms with Crippen molar-refractivity contribution in [2.24, 2.45) is 11.3 Å². The molecule has 0 fully saturated rings. The second-order valence-electron chi connectivity index (χ2n) is 9.04. The number of ether oxygens (including phenoxy) is 2. The van der Waals surface area contributed by atoms with Gasteiger partial charge in [-0.2, -0.15) is 0 Å². The van der Waals surface area contributed by atoms with Crippen LogP contribution in [0.5, 0.6) is 0 Å². The van der Waals surface area contributed by atoms with Crippen LogP contribution in [0.1, 0.15) is 79.1 Å². The van der Waals surface area contributed by atoms with Gasteiger partial charge in [0.1, 0.15) is 0 Å². The molecule has 0 aromatic rings. The van der Waals surface area contributed by atoms with Crippen LogP contribution in [0.15, 0.2) is 21.8 Å². The molecule has 1 unspecified atom stereocenters. The maximum atomic E-state index is 13.0.